The average molecular weight is 530 g/mol. The molecule has 0 aliphatic heterocycles. The van der Waals surface area contributed by atoms with Crippen LogP contribution < -0.4 is 14.5 Å². The monoisotopic (exact) mass is 529 g/mol. The number of hydrogen-bond donors (Lipinski definition) is 1. The van der Waals surface area contributed by atoms with Crippen LogP contribution in [-0.2, 0) is 26.1 Å². The molecule has 0 aliphatic carbocycles. The van der Waals surface area contributed by atoms with E-state index >= 15 is 0 Å². The summed E-state index contributed by atoms with van der Waals surface area (Å²) in [6, 6.07) is 19.8. The number of ether oxygens (including phenoxy) is 2. The van der Waals surface area contributed by atoms with Crippen LogP contribution in [0.25, 0.3) is 0 Å². The quantitative estimate of drug-likeness (QED) is 0.244. The van der Waals surface area contributed by atoms with Crippen molar-refractivity contribution in [3.05, 3.63) is 94.5 Å². The van der Waals surface area contributed by atoms with Gasteiger partial charge in [-0.2, -0.15) is 5.10 Å². The third-order valence-corrected chi connectivity index (χ3v) is 6.44. The lowest BCUT2D eigenvalue weighted by Crippen LogP contribution is -2.29. The standard InChI is InChI=1S/C25H24ClN3O6S/c1-34-24(30)17-35-22-13-7-18(8-14-22)15-27-28-25(31)19-9-11-21(12-10-19)29(36(2,32)33)16-20-5-3-4-6-23(20)26/h3-15H,16-17H2,1-2H3,(H,28,31)/b27-15-. The lowest BCUT2D eigenvalue weighted by atomic mass is 10.2. The van der Waals surface area contributed by atoms with Gasteiger partial charge in [-0.25, -0.2) is 18.6 Å². The zero-order chi connectivity index (χ0) is 26.1. The van der Waals surface area contributed by atoms with Crippen LogP contribution in [0, 0.1) is 0 Å². The molecule has 0 bridgehead atoms. The number of nitrogens with zero attached hydrogens (tertiary/aromatic N) is 2. The molecule has 1 amide bonds. The number of rotatable bonds is 10. The van der Waals surface area contributed by atoms with E-state index in [1.165, 1.54) is 29.8 Å². The van der Waals surface area contributed by atoms with Gasteiger partial charge in [0.2, 0.25) is 10.0 Å². The number of methoxy groups -OCH3 is 1. The van der Waals surface area contributed by atoms with E-state index in [0.29, 0.717) is 33.1 Å². The Balaban J connectivity index is 1.62. The number of nitrogens with one attached hydrogen (secondary N) is 1. The normalized spacial score (nSPS) is 11.2. The fourth-order valence-electron chi connectivity index (χ4n) is 3.04. The Bertz CT molecular complexity index is 1340. The van der Waals surface area contributed by atoms with Crippen molar-refractivity contribution in [1.82, 2.24) is 5.43 Å². The Kier molecular flexibility index (Phi) is 9.04. The largest absolute Gasteiger partial charge is 0.482 e. The van der Waals surface area contributed by atoms with Gasteiger partial charge in [0.1, 0.15) is 5.75 Å². The van der Waals surface area contributed by atoms with Gasteiger partial charge in [-0.15, -0.1) is 0 Å². The van der Waals surface area contributed by atoms with Crippen molar-refractivity contribution in [2.75, 3.05) is 24.3 Å². The number of carbonyl (C=O) groups excluding carboxylic acids is 2. The predicted molar refractivity (Wildman–Crippen MR) is 138 cm³/mol. The number of benzene rings is 3. The highest BCUT2D eigenvalue weighted by Crippen LogP contribution is 2.24. The lowest BCUT2D eigenvalue weighted by molar-refractivity contribution is -0.142. The Hall–Kier alpha value is -3.89. The first-order valence-electron chi connectivity index (χ1n) is 10.6. The summed E-state index contributed by atoms with van der Waals surface area (Å²) in [5.41, 5.74) is 4.47. The molecule has 11 heteroatoms. The van der Waals surface area contributed by atoms with Crippen LogP contribution in [0.3, 0.4) is 0 Å². The number of amides is 1. The van der Waals surface area contributed by atoms with Gasteiger partial charge in [0.15, 0.2) is 6.61 Å². The second kappa shape index (κ2) is 12.2. The molecule has 0 heterocycles. The minimum absolute atomic E-state index is 0.0564. The summed E-state index contributed by atoms with van der Waals surface area (Å²) in [5.74, 6) is -0.465. The van der Waals surface area contributed by atoms with Crippen LogP contribution in [0.4, 0.5) is 5.69 Å². The van der Waals surface area contributed by atoms with E-state index < -0.39 is 21.9 Å². The topological polar surface area (TPSA) is 114 Å². The molecule has 3 rings (SSSR count). The molecule has 0 unspecified atom stereocenters. The highest BCUT2D eigenvalue weighted by Gasteiger charge is 2.19. The SMILES string of the molecule is COC(=O)COc1ccc(/C=N\NC(=O)c2ccc(N(Cc3ccccc3Cl)S(C)(=O)=O)cc2)cc1. The molecule has 3 aromatic carbocycles. The van der Waals surface area contributed by atoms with E-state index in [4.69, 9.17) is 16.3 Å². The fourth-order valence-corrected chi connectivity index (χ4v) is 4.12. The molecular formula is C25H24ClN3O6S. The zero-order valence-corrected chi connectivity index (χ0v) is 21.1. The Labute approximate surface area is 214 Å². The highest BCUT2D eigenvalue weighted by molar-refractivity contribution is 7.92. The van der Waals surface area contributed by atoms with Crippen LogP contribution >= 0.6 is 11.6 Å². The van der Waals surface area contributed by atoms with Crippen LogP contribution in [0.5, 0.6) is 5.75 Å². The van der Waals surface area contributed by atoms with E-state index in [0.717, 1.165) is 6.26 Å². The van der Waals surface area contributed by atoms with E-state index in [1.54, 1.807) is 60.7 Å². The second-order valence-corrected chi connectivity index (χ2v) is 9.85. The van der Waals surface area contributed by atoms with Crippen molar-refractivity contribution in [2.24, 2.45) is 5.10 Å². The van der Waals surface area contributed by atoms with Crippen molar-refractivity contribution in [3.63, 3.8) is 0 Å². The average Bonchev–Trinajstić information content (AvgIpc) is 2.87. The van der Waals surface area contributed by atoms with Crippen LogP contribution in [0.15, 0.2) is 77.9 Å². The first-order chi connectivity index (χ1) is 17.2. The van der Waals surface area contributed by atoms with Gasteiger partial charge in [0.05, 0.1) is 31.8 Å². The number of carbonyl (C=O) groups is 2. The van der Waals surface area contributed by atoms with Gasteiger partial charge in [-0.3, -0.25) is 9.10 Å². The molecule has 0 spiro atoms. The van der Waals surface area contributed by atoms with Gasteiger partial charge >= 0.3 is 5.97 Å². The molecule has 0 saturated carbocycles. The van der Waals surface area contributed by atoms with E-state index in [-0.39, 0.29) is 13.2 Å². The Morgan fingerprint density at radius 1 is 1.03 bits per heavy atom. The third-order valence-electron chi connectivity index (χ3n) is 4.93. The van der Waals surface area contributed by atoms with Crippen LogP contribution in [0.2, 0.25) is 5.02 Å². The van der Waals surface area contributed by atoms with Gasteiger partial charge in [0, 0.05) is 10.6 Å². The molecule has 3 aromatic rings. The molecule has 36 heavy (non-hydrogen) atoms. The summed E-state index contributed by atoms with van der Waals surface area (Å²) in [6.45, 7) is -0.137. The van der Waals surface area contributed by atoms with Crippen molar-refractivity contribution in [2.45, 2.75) is 6.54 Å². The molecule has 0 fully saturated rings. The Morgan fingerprint density at radius 2 is 1.69 bits per heavy atom. The fraction of sp³-hybridized carbons (Fsp3) is 0.160. The number of anilines is 1. The molecule has 9 nitrogen and oxygen atoms in total. The van der Waals surface area contributed by atoms with Crippen molar-refractivity contribution >= 4 is 45.4 Å². The molecule has 0 atom stereocenters. The van der Waals surface area contributed by atoms with Gasteiger partial charge < -0.3 is 9.47 Å². The van der Waals surface area contributed by atoms with Crippen molar-refractivity contribution < 1.29 is 27.5 Å². The van der Waals surface area contributed by atoms with E-state index in [9.17, 15) is 18.0 Å². The van der Waals surface area contributed by atoms with Gasteiger partial charge in [0.25, 0.3) is 5.91 Å². The van der Waals surface area contributed by atoms with Gasteiger partial charge in [-0.1, -0.05) is 29.8 Å². The summed E-state index contributed by atoms with van der Waals surface area (Å²) in [6.07, 6.45) is 2.56. The lowest BCUT2D eigenvalue weighted by Gasteiger charge is -2.23. The maximum Gasteiger partial charge on any atom is 0.343 e. The number of esters is 1. The summed E-state index contributed by atoms with van der Waals surface area (Å²) in [4.78, 5) is 23.6. The summed E-state index contributed by atoms with van der Waals surface area (Å²) in [7, 11) is -2.33. The first-order valence-corrected chi connectivity index (χ1v) is 12.8. The molecule has 188 valence electrons. The molecule has 1 N–H and O–H groups in total. The second-order valence-electron chi connectivity index (χ2n) is 7.54. The summed E-state index contributed by atoms with van der Waals surface area (Å²) >= 11 is 6.19. The third kappa shape index (κ3) is 7.56. The number of halogens is 1. The predicted octanol–water partition coefficient (Wildman–Crippen LogP) is 3.62. The smallest absolute Gasteiger partial charge is 0.343 e. The summed E-state index contributed by atoms with van der Waals surface area (Å²) < 4.78 is 35.8. The minimum atomic E-state index is -3.60. The molecule has 0 aliphatic rings. The highest BCUT2D eigenvalue weighted by atomic mass is 35.5. The summed E-state index contributed by atoms with van der Waals surface area (Å²) in [5, 5.41) is 4.40. The van der Waals surface area contributed by atoms with E-state index in [1.807, 2.05) is 0 Å². The van der Waals surface area contributed by atoms with Crippen LogP contribution in [-0.4, -0.2) is 46.5 Å². The van der Waals surface area contributed by atoms with E-state index in [2.05, 4.69) is 15.3 Å². The Morgan fingerprint density at radius 3 is 2.31 bits per heavy atom. The maximum absolute atomic E-state index is 12.4. The number of sulfonamides is 1. The minimum Gasteiger partial charge on any atom is -0.482 e. The molecule has 0 aromatic heterocycles. The first kappa shape index (κ1) is 26.7. The molecular weight excluding hydrogens is 506 g/mol. The molecule has 0 saturated heterocycles. The van der Waals surface area contributed by atoms with Crippen molar-refractivity contribution in [3.8, 4) is 5.75 Å². The maximum atomic E-state index is 12.4. The van der Waals surface area contributed by atoms with Gasteiger partial charge in [-0.05, 0) is 65.7 Å². The number of hydrazone groups is 1. The number of hydrogen-bond acceptors (Lipinski definition) is 7. The zero-order valence-electron chi connectivity index (χ0n) is 19.5. The molecule has 0 radical (unpaired) electrons. The van der Waals surface area contributed by atoms with Crippen molar-refractivity contribution in [1.29, 1.82) is 0 Å². The van der Waals surface area contributed by atoms with Crippen LogP contribution in [0.1, 0.15) is 21.5 Å².